The molecule has 164 valence electrons. The molecule has 12 heteroatoms. The second-order valence-corrected chi connectivity index (χ2v) is 9.44. The van der Waals surface area contributed by atoms with E-state index in [1.807, 2.05) is 0 Å². The summed E-state index contributed by atoms with van der Waals surface area (Å²) in [5.41, 5.74) is 0.686. The van der Waals surface area contributed by atoms with Crippen molar-refractivity contribution in [3.8, 4) is 5.75 Å². The van der Waals surface area contributed by atoms with E-state index in [2.05, 4.69) is 10.0 Å². The molecule has 0 unspecified atom stereocenters. The molecule has 10 nitrogen and oxygen atoms in total. The van der Waals surface area contributed by atoms with Gasteiger partial charge in [0.2, 0.25) is 20.0 Å². The van der Waals surface area contributed by atoms with Gasteiger partial charge < -0.3 is 14.8 Å². The van der Waals surface area contributed by atoms with E-state index in [1.54, 1.807) is 12.1 Å². The fourth-order valence-electron chi connectivity index (χ4n) is 2.27. The summed E-state index contributed by atoms with van der Waals surface area (Å²) in [6.45, 7) is 0.318. The summed E-state index contributed by atoms with van der Waals surface area (Å²) in [4.78, 5) is 12.0. The number of nitrogens with one attached hydrogen (secondary N) is 2. The zero-order valence-electron chi connectivity index (χ0n) is 16.2. The second-order valence-electron chi connectivity index (χ2n) is 6.12. The maximum absolute atomic E-state index is 12.1. The molecule has 0 aliphatic carbocycles. The van der Waals surface area contributed by atoms with Gasteiger partial charge in [0.1, 0.15) is 5.75 Å². The van der Waals surface area contributed by atoms with Crippen LogP contribution in [0.3, 0.4) is 0 Å². The normalized spacial score (nSPS) is 11.8. The van der Waals surface area contributed by atoms with Crippen LogP contribution in [-0.4, -0.2) is 49.6 Å². The molecule has 0 saturated carbocycles. The van der Waals surface area contributed by atoms with Crippen molar-refractivity contribution < 1.29 is 31.1 Å². The minimum atomic E-state index is -3.76. The average molecular weight is 458 g/mol. The summed E-state index contributed by atoms with van der Waals surface area (Å²) in [6, 6.07) is 11.4. The molecule has 0 atom stereocenters. The van der Waals surface area contributed by atoms with Crippen LogP contribution in [0.4, 0.5) is 0 Å². The van der Waals surface area contributed by atoms with E-state index in [9.17, 15) is 21.6 Å². The van der Waals surface area contributed by atoms with Gasteiger partial charge in [0.05, 0.1) is 16.4 Å². The number of amides is 1. The summed E-state index contributed by atoms with van der Waals surface area (Å²) in [5.74, 6) is -0.0676. The number of primary sulfonamides is 1. The Labute approximate surface area is 175 Å². The SMILES string of the molecule is COCCNS(=O)(=O)c1ccc(OCC(=O)NCc2ccc(S(N)(=O)=O)cc2)cc1. The Hall–Kier alpha value is -2.51. The molecular formula is C18H23N3O7S2. The van der Waals surface area contributed by atoms with E-state index in [0.29, 0.717) is 11.3 Å². The van der Waals surface area contributed by atoms with Crippen LogP contribution < -0.4 is 19.9 Å². The molecule has 1 amide bonds. The summed E-state index contributed by atoms with van der Waals surface area (Å²) >= 11 is 0. The summed E-state index contributed by atoms with van der Waals surface area (Å²) < 4.78 is 59.1. The van der Waals surface area contributed by atoms with Gasteiger partial charge >= 0.3 is 0 Å². The first-order valence-electron chi connectivity index (χ1n) is 8.72. The minimum Gasteiger partial charge on any atom is -0.484 e. The number of ether oxygens (including phenoxy) is 2. The first-order valence-corrected chi connectivity index (χ1v) is 11.7. The summed E-state index contributed by atoms with van der Waals surface area (Å²) in [7, 11) is -5.93. The highest BCUT2D eigenvalue weighted by molar-refractivity contribution is 7.89. The van der Waals surface area contributed by atoms with Crippen molar-refractivity contribution in [2.24, 2.45) is 5.14 Å². The topological polar surface area (TPSA) is 154 Å². The van der Waals surface area contributed by atoms with Crippen molar-refractivity contribution in [1.82, 2.24) is 10.0 Å². The predicted molar refractivity (Wildman–Crippen MR) is 109 cm³/mol. The van der Waals surface area contributed by atoms with Gasteiger partial charge in [-0.25, -0.2) is 26.7 Å². The van der Waals surface area contributed by atoms with Crippen molar-refractivity contribution in [3.05, 3.63) is 54.1 Å². The van der Waals surface area contributed by atoms with Crippen molar-refractivity contribution in [3.63, 3.8) is 0 Å². The van der Waals surface area contributed by atoms with Crippen molar-refractivity contribution in [2.45, 2.75) is 16.3 Å². The number of methoxy groups -OCH3 is 1. The Kier molecular flexibility index (Phi) is 8.32. The van der Waals surface area contributed by atoms with Gasteiger partial charge in [-0.1, -0.05) is 12.1 Å². The molecule has 0 radical (unpaired) electrons. The number of hydrogen-bond acceptors (Lipinski definition) is 7. The van der Waals surface area contributed by atoms with Crippen LogP contribution in [0.1, 0.15) is 5.56 Å². The standard InChI is InChI=1S/C18H23N3O7S2/c1-27-11-10-21-30(25,26)17-8-4-15(5-9-17)28-13-18(22)20-12-14-2-6-16(7-3-14)29(19,23)24/h2-9,21H,10-13H2,1H3,(H,20,22)(H2,19,23,24). The molecule has 0 bridgehead atoms. The maximum atomic E-state index is 12.1. The Balaban J connectivity index is 1.82. The van der Waals surface area contributed by atoms with E-state index in [4.69, 9.17) is 14.6 Å². The molecule has 0 aromatic heterocycles. The first kappa shape index (κ1) is 23.8. The fraction of sp³-hybridized carbons (Fsp3) is 0.278. The monoisotopic (exact) mass is 457 g/mol. The van der Waals surface area contributed by atoms with Crippen LogP contribution in [0.15, 0.2) is 58.3 Å². The zero-order chi connectivity index (χ0) is 22.2. The lowest BCUT2D eigenvalue weighted by molar-refractivity contribution is -0.123. The minimum absolute atomic E-state index is 0.0136. The van der Waals surface area contributed by atoms with Crippen molar-refractivity contribution in [2.75, 3.05) is 26.9 Å². The van der Waals surface area contributed by atoms with Crippen LogP contribution in [0.2, 0.25) is 0 Å². The van der Waals surface area contributed by atoms with Crippen LogP contribution in [0, 0.1) is 0 Å². The molecule has 0 aliphatic rings. The van der Waals surface area contributed by atoms with Gasteiger partial charge in [0.25, 0.3) is 5.91 Å². The Bertz CT molecular complexity index is 1050. The number of rotatable bonds is 11. The first-order chi connectivity index (χ1) is 14.1. The molecule has 0 heterocycles. The molecule has 2 aromatic carbocycles. The van der Waals surface area contributed by atoms with Gasteiger partial charge in [-0.05, 0) is 42.0 Å². The largest absolute Gasteiger partial charge is 0.484 e. The summed E-state index contributed by atoms with van der Waals surface area (Å²) in [6.07, 6.45) is 0. The summed E-state index contributed by atoms with van der Waals surface area (Å²) in [5, 5.41) is 7.66. The molecule has 0 spiro atoms. The zero-order valence-corrected chi connectivity index (χ0v) is 17.8. The van der Waals surface area contributed by atoms with E-state index >= 15 is 0 Å². The van der Waals surface area contributed by atoms with Crippen molar-refractivity contribution in [1.29, 1.82) is 0 Å². The van der Waals surface area contributed by atoms with Gasteiger partial charge in [0, 0.05) is 20.2 Å². The molecule has 0 aliphatic heterocycles. The van der Waals surface area contributed by atoms with Crippen molar-refractivity contribution >= 4 is 26.0 Å². The quantitative estimate of drug-likeness (QED) is 0.400. The molecule has 4 N–H and O–H groups in total. The van der Waals surface area contributed by atoms with Crippen LogP contribution in [-0.2, 0) is 36.1 Å². The highest BCUT2D eigenvalue weighted by Crippen LogP contribution is 2.16. The van der Waals surface area contributed by atoms with Crippen LogP contribution in [0.25, 0.3) is 0 Å². The van der Waals surface area contributed by atoms with Gasteiger partial charge in [0.15, 0.2) is 6.61 Å². The fourth-order valence-corrected chi connectivity index (χ4v) is 3.80. The number of benzene rings is 2. The second kappa shape index (κ2) is 10.5. The molecule has 2 rings (SSSR count). The number of sulfonamides is 2. The highest BCUT2D eigenvalue weighted by Gasteiger charge is 2.13. The third-order valence-electron chi connectivity index (χ3n) is 3.84. The molecular weight excluding hydrogens is 434 g/mol. The highest BCUT2D eigenvalue weighted by atomic mass is 32.2. The molecule has 30 heavy (non-hydrogen) atoms. The van der Waals surface area contributed by atoms with Gasteiger partial charge in [-0.2, -0.15) is 0 Å². The Morgan fingerprint density at radius 1 is 0.967 bits per heavy atom. The lowest BCUT2D eigenvalue weighted by Gasteiger charge is -2.09. The van der Waals surface area contributed by atoms with E-state index in [-0.39, 0.29) is 36.1 Å². The number of nitrogens with two attached hydrogens (primary N) is 1. The number of carbonyl (C=O) groups is 1. The van der Waals surface area contributed by atoms with E-state index in [0.717, 1.165) is 0 Å². The predicted octanol–water partition coefficient (Wildman–Crippen LogP) is -0.0461. The average Bonchev–Trinajstić information content (AvgIpc) is 2.71. The molecule has 0 fully saturated rings. The van der Waals surface area contributed by atoms with Gasteiger partial charge in [-0.3, -0.25) is 4.79 Å². The Morgan fingerprint density at radius 3 is 2.13 bits per heavy atom. The smallest absolute Gasteiger partial charge is 0.258 e. The Morgan fingerprint density at radius 2 is 1.57 bits per heavy atom. The van der Waals surface area contributed by atoms with E-state index < -0.39 is 26.0 Å². The third kappa shape index (κ3) is 7.39. The number of hydrogen-bond donors (Lipinski definition) is 3. The third-order valence-corrected chi connectivity index (χ3v) is 6.25. The lowest BCUT2D eigenvalue weighted by atomic mass is 10.2. The van der Waals surface area contributed by atoms with Crippen LogP contribution >= 0.6 is 0 Å². The molecule has 0 saturated heterocycles. The van der Waals surface area contributed by atoms with Crippen LogP contribution in [0.5, 0.6) is 5.75 Å². The maximum Gasteiger partial charge on any atom is 0.258 e. The number of carbonyl (C=O) groups excluding carboxylic acids is 1. The van der Waals surface area contributed by atoms with E-state index in [1.165, 1.54) is 43.5 Å². The van der Waals surface area contributed by atoms with Gasteiger partial charge in [-0.15, -0.1) is 0 Å². The molecule has 2 aromatic rings. The lowest BCUT2D eigenvalue weighted by Crippen LogP contribution is -2.28.